The first-order valence-electron chi connectivity index (χ1n) is 3.69. The van der Waals surface area contributed by atoms with E-state index in [9.17, 15) is 4.79 Å². The molecule has 3 nitrogen and oxygen atoms in total. The Bertz CT molecular complexity index is 332. The van der Waals surface area contributed by atoms with E-state index in [1.165, 1.54) is 0 Å². The molecule has 0 saturated heterocycles. The summed E-state index contributed by atoms with van der Waals surface area (Å²) in [6, 6.07) is 3.49. The number of anilines is 1. The van der Waals surface area contributed by atoms with Gasteiger partial charge in [0.2, 0.25) is 5.91 Å². The molecule has 0 aromatic heterocycles. The molecule has 1 amide bonds. The lowest BCUT2D eigenvalue weighted by Gasteiger charge is -2.07. The van der Waals surface area contributed by atoms with Crippen molar-refractivity contribution in [3.63, 3.8) is 0 Å². The second-order valence-electron chi connectivity index (χ2n) is 2.83. The van der Waals surface area contributed by atoms with Gasteiger partial charge in [0.25, 0.3) is 0 Å². The minimum absolute atomic E-state index is 0.431. The molecule has 0 fully saturated rings. The maximum Gasteiger partial charge on any atom is 0.249 e. The van der Waals surface area contributed by atoms with E-state index in [0.717, 1.165) is 11.1 Å². The molecule has 0 bridgehead atoms. The molecule has 12 heavy (non-hydrogen) atoms. The third-order valence-corrected chi connectivity index (χ3v) is 2.00. The molecular formula is C9H12N2O. The highest BCUT2D eigenvalue weighted by Gasteiger charge is 2.07. The number of hydrogen-bond donors (Lipinski definition) is 2. The van der Waals surface area contributed by atoms with Crippen molar-refractivity contribution in [2.45, 2.75) is 13.8 Å². The molecule has 0 spiro atoms. The maximum atomic E-state index is 10.9. The van der Waals surface area contributed by atoms with Crippen LogP contribution < -0.4 is 11.5 Å². The summed E-state index contributed by atoms with van der Waals surface area (Å²) in [6.45, 7) is 3.69. The molecular weight excluding hydrogens is 152 g/mol. The average Bonchev–Trinajstić information content (AvgIpc) is 2.00. The van der Waals surface area contributed by atoms with Crippen molar-refractivity contribution >= 4 is 11.6 Å². The zero-order valence-corrected chi connectivity index (χ0v) is 7.22. The van der Waals surface area contributed by atoms with Gasteiger partial charge in [-0.15, -0.1) is 0 Å². The molecule has 1 aromatic rings. The first-order chi connectivity index (χ1) is 5.54. The van der Waals surface area contributed by atoms with Crippen LogP contribution in [0.5, 0.6) is 0 Å². The van der Waals surface area contributed by atoms with E-state index in [1.807, 2.05) is 6.92 Å². The highest BCUT2D eigenvalue weighted by Crippen LogP contribution is 2.19. The number of benzene rings is 1. The molecule has 0 aliphatic rings. The van der Waals surface area contributed by atoms with Crippen LogP contribution in [0, 0.1) is 13.8 Å². The van der Waals surface area contributed by atoms with Gasteiger partial charge in [-0.3, -0.25) is 4.79 Å². The van der Waals surface area contributed by atoms with Crippen LogP contribution in [0.1, 0.15) is 21.5 Å². The summed E-state index contributed by atoms with van der Waals surface area (Å²) in [5.41, 5.74) is 13.7. The van der Waals surface area contributed by atoms with Gasteiger partial charge >= 0.3 is 0 Å². The summed E-state index contributed by atoms with van der Waals surface area (Å²) in [7, 11) is 0. The van der Waals surface area contributed by atoms with Crippen molar-refractivity contribution in [2.24, 2.45) is 5.73 Å². The summed E-state index contributed by atoms with van der Waals surface area (Å²) in [6.07, 6.45) is 0. The van der Waals surface area contributed by atoms with Gasteiger partial charge in [-0.2, -0.15) is 0 Å². The van der Waals surface area contributed by atoms with Gasteiger partial charge in [0.1, 0.15) is 0 Å². The maximum absolute atomic E-state index is 10.9. The Morgan fingerprint density at radius 3 is 2.42 bits per heavy atom. The number of amides is 1. The summed E-state index contributed by atoms with van der Waals surface area (Å²) >= 11 is 0. The molecule has 0 atom stereocenters. The fraction of sp³-hybridized carbons (Fsp3) is 0.222. The van der Waals surface area contributed by atoms with Crippen molar-refractivity contribution in [1.29, 1.82) is 0 Å². The Balaban J connectivity index is 3.36. The predicted octanol–water partition coefficient (Wildman–Crippen LogP) is 0.985. The van der Waals surface area contributed by atoms with Gasteiger partial charge in [0.15, 0.2) is 0 Å². The van der Waals surface area contributed by atoms with Crippen LogP contribution in [-0.4, -0.2) is 5.91 Å². The molecule has 0 heterocycles. The zero-order chi connectivity index (χ0) is 9.30. The lowest BCUT2D eigenvalue weighted by atomic mass is 10.0. The van der Waals surface area contributed by atoms with Crippen molar-refractivity contribution in [3.8, 4) is 0 Å². The van der Waals surface area contributed by atoms with Crippen LogP contribution in [0.4, 0.5) is 5.69 Å². The van der Waals surface area contributed by atoms with Crippen molar-refractivity contribution < 1.29 is 4.79 Å². The van der Waals surface area contributed by atoms with Crippen LogP contribution in [0.15, 0.2) is 12.1 Å². The monoisotopic (exact) mass is 164 g/mol. The number of aryl methyl sites for hydroxylation is 1. The second kappa shape index (κ2) is 2.85. The first kappa shape index (κ1) is 8.59. The van der Waals surface area contributed by atoms with Crippen LogP contribution in [0.2, 0.25) is 0 Å². The third-order valence-electron chi connectivity index (χ3n) is 2.00. The highest BCUT2D eigenvalue weighted by molar-refractivity contribution is 5.95. The van der Waals surface area contributed by atoms with Gasteiger partial charge in [-0.25, -0.2) is 0 Å². The lowest BCUT2D eigenvalue weighted by Crippen LogP contribution is -2.13. The number of nitrogen functional groups attached to an aromatic ring is 1. The molecule has 1 rings (SSSR count). The quantitative estimate of drug-likeness (QED) is 0.607. The van der Waals surface area contributed by atoms with Gasteiger partial charge < -0.3 is 11.5 Å². The van der Waals surface area contributed by atoms with Gasteiger partial charge in [0.05, 0.1) is 0 Å². The number of nitrogens with two attached hydrogens (primary N) is 2. The predicted molar refractivity (Wildman–Crippen MR) is 48.8 cm³/mol. The first-order valence-corrected chi connectivity index (χ1v) is 3.69. The highest BCUT2D eigenvalue weighted by atomic mass is 16.1. The fourth-order valence-corrected chi connectivity index (χ4v) is 1.13. The number of carbonyl (C=O) groups excluding carboxylic acids is 1. The smallest absolute Gasteiger partial charge is 0.249 e. The van der Waals surface area contributed by atoms with Crippen LogP contribution in [0.25, 0.3) is 0 Å². The second-order valence-corrected chi connectivity index (χ2v) is 2.83. The number of hydrogen-bond acceptors (Lipinski definition) is 2. The molecule has 0 radical (unpaired) electrons. The summed E-state index contributed by atoms with van der Waals surface area (Å²) in [5, 5.41) is 0. The topological polar surface area (TPSA) is 69.1 Å². The van der Waals surface area contributed by atoms with E-state index >= 15 is 0 Å². The van der Waals surface area contributed by atoms with Gasteiger partial charge in [-0.05, 0) is 31.0 Å². The van der Waals surface area contributed by atoms with Crippen LogP contribution in [0.3, 0.4) is 0 Å². The zero-order valence-electron chi connectivity index (χ0n) is 7.22. The van der Waals surface area contributed by atoms with Crippen LogP contribution in [-0.2, 0) is 0 Å². The molecule has 1 aromatic carbocycles. The number of rotatable bonds is 1. The third kappa shape index (κ3) is 1.25. The van der Waals surface area contributed by atoms with E-state index in [1.54, 1.807) is 19.1 Å². The number of carbonyl (C=O) groups is 1. The standard InChI is InChI=1S/C9H12N2O/c1-5-3-4-7(9(11)12)6(2)8(5)10/h3-4H,10H2,1-2H3,(H2,11,12). The number of primary amides is 1. The molecule has 0 aliphatic carbocycles. The lowest BCUT2D eigenvalue weighted by molar-refractivity contribution is 0.1000. The molecule has 4 N–H and O–H groups in total. The summed E-state index contributed by atoms with van der Waals surface area (Å²) in [4.78, 5) is 10.9. The summed E-state index contributed by atoms with van der Waals surface area (Å²) < 4.78 is 0. The Kier molecular flexibility index (Phi) is 2.04. The SMILES string of the molecule is Cc1ccc(C(N)=O)c(C)c1N. The van der Waals surface area contributed by atoms with E-state index in [-0.39, 0.29) is 0 Å². The van der Waals surface area contributed by atoms with E-state index in [0.29, 0.717) is 11.3 Å². The minimum atomic E-state index is -0.431. The van der Waals surface area contributed by atoms with E-state index in [2.05, 4.69) is 0 Å². The van der Waals surface area contributed by atoms with Crippen molar-refractivity contribution in [2.75, 3.05) is 5.73 Å². The Hall–Kier alpha value is -1.51. The van der Waals surface area contributed by atoms with E-state index < -0.39 is 5.91 Å². The average molecular weight is 164 g/mol. The Morgan fingerprint density at radius 2 is 1.92 bits per heavy atom. The minimum Gasteiger partial charge on any atom is -0.398 e. The molecule has 0 aliphatic heterocycles. The largest absolute Gasteiger partial charge is 0.398 e. The Labute approximate surface area is 71.4 Å². The van der Waals surface area contributed by atoms with Gasteiger partial charge in [0, 0.05) is 11.3 Å². The fourth-order valence-electron chi connectivity index (χ4n) is 1.13. The van der Waals surface area contributed by atoms with Crippen LogP contribution >= 0.6 is 0 Å². The van der Waals surface area contributed by atoms with E-state index in [4.69, 9.17) is 11.5 Å². The summed E-state index contributed by atoms with van der Waals surface area (Å²) in [5.74, 6) is -0.431. The molecule has 3 heteroatoms. The molecule has 0 saturated carbocycles. The normalized spacial score (nSPS) is 9.83. The molecule has 64 valence electrons. The molecule has 0 unspecified atom stereocenters. The van der Waals surface area contributed by atoms with Crippen molar-refractivity contribution in [1.82, 2.24) is 0 Å². The van der Waals surface area contributed by atoms with Gasteiger partial charge in [-0.1, -0.05) is 6.07 Å². The van der Waals surface area contributed by atoms with Crippen molar-refractivity contribution in [3.05, 3.63) is 28.8 Å². The Morgan fingerprint density at radius 1 is 1.33 bits per heavy atom.